The van der Waals surface area contributed by atoms with Crippen LogP contribution in [0.1, 0.15) is 23.2 Å². The van der Waals surface area contributed by atoms with Crippen molar-refractivity contribution in [3.8, 4) is 5.75 Å². The van der Waals surface area contributed by atoms with Gasteiger partial charge in [-0.15, -0.1) is 0 Å². The molecule has 4 rings (SSSR count). The average Bonchev–Trinajstić information content (AvgIpc) is 3.37. The predicted octanol–water partition coefficient (Wildman–Crippen LogP) is 4.91. The van der Waals surface area contributed by atoms with E-state index in [1.807, 2.05) is 0 Å². The lowest BCUT2D eigenvalue weighted by molar-refractivity contribution is -0.139. The topological polar surface area (TPSA) is 68.7 Å². The third-order valence-corrected chi connectivity index (χ3v) is 7.49. The monoisotopic (exact) mass is 506 g/mol. The zero-order valence-electron chi connectivity index (χ0n) is 18.8. The van der Waals surface area contributed by atoms with Crippen LogP contribution in [-0.2, 0) is 34.0 Å². The van der Waals surface area contributed by atoms with E-state index in [4.69, 9.17) is 9.47 Å². The molecule has 1 saturated heterocycles. The molecule has 10 heteroatoms. The van der Waals surface area contributed by atoms with Gasteiger partial charge in [-0.25, -0.2) is 8.42 Å². The van der Waals surface area contributed by atoms with Gasteiger partial charge in [-0.2, -0.15) is 17.5 Å². The Labute approximate surface area is 202 Å². The number of aromatic nitrogens is 1. The first-order chi connectivity index (χ1) is 16.7. The second-order valence-corrected chi connectivity index (χ2v) is 10.2. The SMILES string of the molecule is O=S(=O)(c1ccccc1C(F)(F)F)N(Cc1cccc(OC[C@@H]2CCOC2)c1)Cc1ccccn1. The molecule has 186 valence electrons. The van der Waals surface area contributed by atoms with E-state index >= 15 is 0 Å². The molecule has 1 fully saturated rings. The van der Waals surface area contributed by atoms with Crippen molar-refractivity contribution in [2.45, 2.75) is 30.6 Å². The van der Waals surface area contributed by atoms with Crippen LogP contribution < -0.4 is 4.74 Å². The average molecular weight is 507 g/mol. The molecule has 0 unspecified atom stereocenters. The number of pyridine rings is 1. The van der Waals surface area contributed by atoms with Gasteiger partial charge in [-0.1, -0.05) is 30.3 Å². The number of hydrogen-bond donors (Lipinski definition) is 0. The van der Waals surface area contributed by atoms with Crippen molar-refractivity contribution in [2.75, 3.05) is 19.8 Å². The lowest BCUT2D eigenvalue weighted by atomic mass is 10.1. The Morgan fingerprint density at radius 3 is 2.54 bits per heavy atom. The summed E-state index contributed by atoms with van der Waals surface area (Å²) in [4.78, 5) is 3.37. The van der Waals surface area contributed by atoms with Crippen LogP contribution in [0.2, 0.25) is 0 Å². The van der Waals surface area contributed by atoms with E-state index in [1.54, 1.807) is 42.5 Å². The van der Waals surface area contributed by atoms with E-state index in [1.165, 1.54) is 18.3 Å². The molecule has 1 aliphatic heterocycles. The molecule has 0 N–H and O–H groups in total. The second-order valence-electron chi connectivity index (χ2n) is 8.28. The number of ether oxygens (including phenoxy) is 2. The Bertz CT molecular complexity index is 1230. The Balaban J connectivity index is 1.64. The quantitative estimate of drug-likeness (QED) is 0.413. The van der Waals surface area contributed by atoms with Gasteiger partial charge in [-0.05, 0) is 48.4 Å². The number of halogens is 3. The molecule has 0 radical (unpaired) electrons. The summed E-state index contributed by atoms with van der Waals surface area (Å²) in [5, 5.41) is 0. The van der Waals surface area contributed by atoms with E-state index in [9.17, 15) is 21.6 Å². The van der Waals surface area contributed by atoms with Crippen LogP contribution in [0.3, 0.4) is 0 Å². The third kappa shape index (κ3) is 6.39. The van der Waals surface area contributed by atoms with Crippen molar-refractivity contribution >= 4 is 10.0 Å². The fraction of sp³-hybridized carbons (Fsp3) is 0.320. The molecular formula is C25H25F3N2O4S. The van der Waals surface area contributed by atoms with E-state index in [2.05, 4.69) is 4.98 Å². The highest BCUT2D eigenvalue weighted by Gasteiger charge is 2.39. The van der Waals surface area contributed by atoms with Gasteiger partial charge in [0.2, 0.25) is 10.0 Å². The minimum atomic E-state index is -4.82. The summed E-state index contributed by atoms with van der Waals surface area (Å²) in [6, 6.07) is 16.1. The normalized spacial score (nSPS) is 16.5. The molecule has 0 bridgehead atoms. The first-order valence-electron chi connectivity index (χ1n) is 11.1. The Kier molecular flexibility index (Phi) is 7.73. The number of rotatable bonds is 9. The highest BCUT2D eigenvalue weighted by Crippen LogP contribution is 2.36. The molecule has 0 amide bonds. The number of benzene rings is 2. The van der Waals surface area contributed by atoms with Gasteiger partial charge in [0.15, 0.2) is 0 Å². The van der Waals surface area contributed by atoms with E-state index in [0.29, 0.717) is 42.7 Å². The van der Waals surface area contributed by atoms with E-state index < -0.39 is 26.7 Å². The summed E-state index contributed by atoms with van der Waals surface area (Å²) in [5.41, 5.74) is -0.217. The molecule has 0 saturated carbocycles. The lowest BCUT2D eigenvalue weighted by Gasteiger charge is -2.24. The predicted molar refractivity (Wildman–Crippen MR) is 123 cm³/mol. The molecule has 0 spiro atoms. The summed E-state index contributed by atoms with van der Waals surface area (Å²) in [6.45, 7) is 1.45. The summed E-state index contributed by atoms with van der Waals surface area (Å²) in [6.07, 6.45) is -2.41. The summed E-state index contributed by atoms with van der Waals surface area (Å²) in [5.74, 6) is 0.846. The molecule has 1 atom stereocenters. The second kappa shape index (κ2) is 10.8. The molecule has 3 aromatic rings. The summed E-state index contributed by atoms with van der Waals surface area (Å²) >= 11 is 0. The first-order valence-corrected chi connectivity index (χ1v) is 12.5. The van der Waals surface area contributed by atoms with Gasteiger partial charge in [0.05, 0.1) is 35.9 Å². The largest absolute Gasteiger partial charge is 0.493 e. The van der Waals surface area contributed by atoms with Crippen molar-refractivity contribution < 1.29 is 31.1 Å². The van der Waals surface area contributed by atoms with Gasteiger partial charge in [-0.3, -0.25) is 4.98 Å². The van der Waals surface area contributed by atoms with Gasteiger partial charge in [0, 0.05) is 25.3 Å². The minimum absolute atomic E-state index is 0.158. The zero-order valence-corrected chi connectivity index (χ0v) is 19.6. The number of alkyl halides is 3. The lowest BCUT2D eigenvalue weighted by Crippen LogP contribution is -2.32. The van der Waals surface area contributed by atoms with Crippen LogP contribution in [0.4, 0.5) is 13.2 Å². The maximum atomic E-state index is 13.6. The number of hydrogen-bond acceptors (Lipinski definition) is 5. The highest BCUT2D eigenvalue weighted by molar-refractivity contribution is 7.89. The molecule has 2 aromatic carbocycles. The van der Waals surface area contributed by atoms with E-state index in [0.717, 1.165) is 22.9 Å². The fourth-order valence-electron chi connectivity index (χ4n) is 3.83. The van der Waals surface area contributed by atoms with Crippen LogP contribution in [0, 0.1) is 5.92 Å². The van der Waals surface area contributed by atoms with Crippen molar-refractivity contribution in [1.29, 1.82) is 0 Å². The van der Waals surface area contributed by atoms with Crippen molar-refractivity contribution in [2.24, 2.45) is 5.92 Å². The van der Waals surface area contributed by atoms with Crippen LogP contribution in [0.15, 0.2) is 77.8 Å². The van der Waals surface area contributed by atoms with Gasteiger partial charge in [0.1, 0.15) is 5.75 Å². The highest BCUT2D eigenvalue weighted by atomic mass is 32.2. The summed E-state index contributed by atoms with van der Waals surface area (Å²) < 4.78 is 80.2. The van der Waals surface area contributed by atoms with Gasteiger partial charge >= 0.3 is 6.18 Å². The minimum Gasteiger partial charge on any atom is -0.493 e. The fourth-order valence-corrected chi connectivity index (χ4v) is 5.44. The van der Waals surface area contributed by atoms with Gasteiger partial charge in [0.25, 0.3) is 0 Å². The number of sulfonamides is 1. The van der Waals surface area contributed by atoms with Crippen LogP contribution >= 0.6 is 0 Å². The van der Waals surface area contributed by atoms with Crippen LogP contribution in [0.5, 0.6) is 5.75 Å². The Morgan fingerprint density at radius 1 is 1.03 bits per heavy atom. The van der Waals surface area contributed by atoms with Crippen LogP contribution in [0.25, 0.3) is 0 Å². The molecule has 6 nitrogen and oxygen atoms in total. The molecule has 2 heterocycles. The van der Waals surface area contributed by atoms with Crippen LogP contribution in [-0.4, -0.2) is 37.5 Å². The first kappa shape index (κ1) is 25.2. The standard InChI is InChI=1S/C25H25F3N2O4S/c26-25(27,28)23-9-1-2-10-24(23)35(31,32)30(16-21-7-3-4-12-29-21)15-19-6-5-8-22(14-19)34-18-20-11-13-33-17-20/h1-10,12,14,20H,11,13,15-18H2/t20-/m1/s1. The third-order valence-electron chi connectivity index (χ3n) is 5.64. The molecule has 35 heavy (non-hydrogen) atoms. The Hall–Kier alpha value is -2.95. The Morgan fingerprint density at radius 2 is 1.83 bits per heavy atom. The maximum Gasteiger partial charge on any atom is 0.417 e. The van der Waals surface area contributed by atoms with E-state index in [-0.39, 0.29) is 13.1 Å². The molecule has 1 aliphatic rings. The molecule has 1 aromatic heterocycles. The molecular weight excluding hydrogens is 481 g/mol. The molecule has 0 aliphatic carbocycles. The van der Waals surface area contributed by atoms with Crippen molar-refractivity contribution in [1.82, 2.24) is 9.29 Å². The zero-order chi connectivity index (χ0) is 24.9. The summed E-state index contributed by atoms with van der Waals surface area (Å²) in [7, 11) is -4.53. The van der Waals surface area contributed by atoms with Crippen molar-refractivity contribution in [3.05, 3.63) is 89.7 Å². The maximum absolute atomic E-state index is 13.6. The smallest absolute Gasteiger partial charge is 0.417 e. The van der Waals surface area contributed by atoms with Gasteiger partial charge < -0.3 is 9.47 Å². The van der Waals surface area contributed by atoms with Crippen molar-refractivity contribution in [3.63, 3.8) is 0 Å². The number of nitrogens with zero attached hydrogens (tertiary/aromatic N) is 2.